The third kappa shape index (κ3) is 3.41. The number of nitrogens with zero attached hydrogens (tertiary/aromatic N) is 12. The summed E-state index contributed by atoms with van der Waals surface area (Å²) in [5.41, 5.74) is 5.50. The zero-order chi connectivity index (χ0) is 22.2. The molecule has 16 nitrogen and oxygen atoms in total. The van der Waals surface area contributed by atoms with Crippen LogP contribution in [0.5, 0.6) is 0 Å². The van der Waals surface area contributed by atoms with E-state index in [1.54, 1.807) is 12.0 Å². The van der Waals surface area contributed by atoms with Crippen LogP contribution in [0, 0.1) is 0 Å². The van der Waals surface area contributed by atoms with Crippen molar-refractivity contribution in [2.75, 3.05) is 6.54 Å². The highest BCUT2D eigenvalue weighted by atomic mass is 16.1. The number of benzene rings is 1. The second-order valence-electron chi connectivity index (χ2n) is 7.39. The standard InChI is InChI=1S/C16H18N14O2/c1-9(5-27-8-18-22-26-27)29-15(31)11-3-14-12(4-13(11)20-24-29)16(32)30(25-21-14)10(2)6-28-19-7-17-23-28/h3-4,7-10,23H,5-6H2,1-2H3,(H,17,19). The highest BCUT2D eigenvalue weighted by Gasteiger charge is 2.19. The molecule has 1 aromatic carbocycles. The highest BCUT2D eigenvalue weighted by Crippen LogP contribution is 2.15. The normalized spacial score (nSPS) is 15.7. The number of nitrogens with one attached hydrogen (secondary N) is 2. The molecular formula is C16H18N14O2. The number of hydrogen-bond acceptors (Lipinski definition) is 13. The molecule has 4 aromatic rings. The minimum absolute atomic E-state index is 0.290. The fraction of sp³-hybridized carbons (Fsp3) is 0.375. The molecule has 0 fully saturated rings. The van der Waals surface area contributed by atoms with Gasteiger partial charge in [0.2, 0.25) is 0 Å². The lowest BCUT2D eigenvalue weighted by Gasteiger charge is -2.20. The molecule has 32 heavy (non-hydrogen) atoms. The lowest BCUT2D eigenvalue weighted by Crippen LogP contribution is -2.44. The minimum Gasteiger partial charge on any atom is -0.289 e. The van der Waals surface area contributed by atoms with Gasteiger partial charge in [0.15, 0.2) is 0 Å². The van der Waals surface area contributed by atoms with E-state index in [0.717, 1.165) is 0 Å². The molecule has 1 aliphatic heterocycles. The maximum Gasteiger partial charge on any atom is 0.277 e. The molecule has 0 radical (unpaired) electrons. The van der Waals surface area contributed by atoms with Crippen molar-refractivity contribution in [3.63, 3.8) is 0 Å². The Hall–Kier alpha value is -4.34. The largest absolute Gasteiger partial charge is 0.289 e. The first-order valence-corrected chi connectivity index (χ1v) is 9.71. The SMILES string of the molecule is CC(CN1NC=NN1)n1nnc2cc3c(=O)n(C(C)Cn4cnnn4)nnc3cc2c1=O. The van der Waals surface area contributed by atoms with Crippen molar-refractivity contribution in [2.24, 2.45) is 5.10 Å². The first kappa shape index (κ1) is 19.6. The molecule has 0 bridgehead atoms. The summed E-state index contributed by atoms with van der Waals surface area (Å²) in [6.07, 6.45) is 2.94. The topological polar surface area (TPSA) is 179 Å². The molecule has 0 amide bonds. The average molecular weight is 438 g/mol. The molecule has 2 unspecified atom stereocenters. The average Bonchev–Trinajstić information content (AvgIpc) is 3.48. The van der Waals surface area contributed by atoms with Crippen LogP contribution in [0.2, 0.25) is 0 Å². The molecule has 4 heterocycles. The quantitative estimate of drug-likeness (QED) is 0.316. The van der Waals surface area contributed by atoms with Gasteiger partial charge in [0.05, 0.1) is 35.9 Å². The Labute approximate surface area is 178 Å². The smallest absolute Gasteiger partial charge is 0.277 e. The van der Waals surface area contributed by atoms with Crippen molar-refractivity contribution >= 4 is 28.1 Å². The fourth-order valence-corrected chi connectivity index (χ4v) is 3.46. The Morgan fingerprint density at radius 3 is 2.06 bits per heavy atom. The lowest BCUT2D eigenvalue weighted by atomic mass is 10.1. The molecule has 2 N–H and O–H groups in total. The van der Waals surface area contributed by atoms with Gasteiger partial charge in [-0.25, -0.2) is 19.6 Å². The van der Waals surface area contributed by atoms with E-state index in [1.807, 2.05) is 6.92 Å². The molecule has 0 saturated heterocycles. The maximum atomic E-state index is 13.0. The molecule has 5 rings (SSSR count). The van der Waals surface area contributed by atoms with Gasteiger partial charge in [0.1, 0.15) is 23.7 Å². The first-order valence-electron chi connectivity index (χ1n) is 9.71. The van der Waals surface area contributed by atoms with Gasteiger partial charge in [-0.2, -0.15) is 5.10 Å². The molecule has 0 spiro atoms. The van der Waals surface area contributed by atoms with E-state index in [-0.39, 0.29) is 28.6 Å². The van der Waals surface area contributed by atoms with Gasteiger partial charge in [-0.1, -0.05) is 10.4 Å². The molecule has 0 saturated carbocycles. The van der Waals surface area contributed by atoms with E-state index < -0.39 is 0 Å². The van der Waals surface area contributed by atoms with Gasteiger partial charge in [-0.3, -0.25) is 15.0 Å². The molecule has 0 aliphatic carbocycles. The molecule has 16 heteroatoms. The molecule has 3 aromatic heterocycles. The first-order chi connectivity index (χ1) is 15.5. The summed E-state index contributed by atoms with van der Waals surface area (Å²) in [6, 6.07) is 2.37. The number of tetrazole rings is 1. The number of hydrazine groups is 2. The number of fused-ring (bicyclic) bond motifs is 2. The summed E-state index contributed by atoms with van der Waals surface area (Å²) < 4.78 is 4.03. The van der Waals surface area contributed by atoms with Gasteiger partial charge in [0, 0.05) is 0 Å². The maximum absolute atomic E-state index is 13.0. The summed E-state index contributed by atoms with van der Waals surface area (Å²) in [7, 11) is 0. The molecule has 1 aliphatic rings. The number of aromatic nitrogens is 10. The number of hydrogen-bond donors (Lipinski definition) is 2. The van der Waals surface area contributed by atoms with Crippen molar-refractivity contribution in [1.82, 2.24) is 66.3 Å². The van der Waals surface area contributed by atoms with Crippen LogP contribution in [0.3, 0.4) is 0 Å². The Morgan fingerprint density at radius 1 is 0.906 bits per heavy atom. The Kier molecular flexibility index (Phi) is 4.74. The van der Waals surface area contributed by atoms with E-state index in [1.165, 1.54) is 38.8 Å². The highest BCUT2D eigenvalue weighted by molar-refractivity contribution is 5.93. The summed E-state index contributed by atoms with van der Waals surface area (Å²) in [5, 5.41) is 33.4. The van der Waals surface area contributed by atoms with E-state index in [4.69, 9.17) is 0 Å². The van der Waals surface area contributed by atoms with Crippen LogP contribution in [-0.2, 0) is 6.54 Å². The second kappa shape index (κ2) is 7.73. The zero-order valence-electron chi connectivity index (χ0n) is 17.1. The summed E-state index contributed by atoms with van der Waals surface area (Å²) in [6.45, 7) is 4.38. The van der Waals surface area contributed by atoms with Gasteiger partial charge < -0.3 is 0 Å². The van der Waals surface area contributed by atoms with Crippen molar-refractivity contribution in [2.45, 2.75) is 32.5 Å². The van der Waals surface area contributed by atoms with Crippen LogP contribution in [0.4, 0.5) is 0 Å². The molecular weight excluding hydrogens is 420 g/mol. The molecule has 164 valence electrons. The van der Waals surface area contributed by atoms with E-state index in [9.17, 15) is 9.59 Å². The van der Waals surface area contributed by atoms with Crippen molar-refractivity contribution in [3.8, 4) is 0 Å². The van der Waals surface area contributed by atoms with E-state index in [2.05, 4.69) is 52.2 Å². The van der Waals surface area contributed by atoms with E-state index in [0.29, 0.717) is 29.5 Å². The van der Waals surface area contributed by atoms with Crippen molar-refractivity contribution < 1.29 is 0 Å². The number of rotatable bonds is 6. The number of hydrazone groups is 1. The minimum atomic E-state index is -0.358. The van der Waals surface area contributed by atoms with Crippen molar-refractivity contribution in [1.29, 1.82) is 0 Å². The van der Waals surface area contributed by atoms with Gasteiger partial charge >= 0.3 is 0 Å². The van der Waals surface area contributed by atoms with Crippen LogP contribution < -0.4 is 22.1 Å². The monoisotopic (exact) mass is 438 g/mol. The van der Waals surface area contributed by atoms with Crippen LogP contribution in [0.1, 0.15) is 25.9 Å². The van der Waals surface area contributed by atoms with Crippen LogP contribution in [0.15, 0.2) is 33.2 Å². The van der Waals surface area contributed by atoms with E-state index >= 15 is 0 Å². The van der Waals surface area contributed by atoms with Crippen LogP contribution >= 0.6 is 0 Å². The summed E-state index contributed by atoms with van der Waals surface area (Å²) in [4.78, 5) is 26.1. The van der Waals surface area contributed by atoms with Gasteiger partial charge in [-0.15, -0.1) is 20.4 Å². The summed E-state index contributed by atoms with van der Waals surface area (Å²) >= 11 is 0. The Balaban J connectivity index is 1.51. The summed E-state index contributed by atoms with van der Waals surface area (Å²) in [5.74, 6) is 0. The predicted octanol–water partition coefficient (Wildman–Crippen LogP) is -2.03. The molecule has 2 atom stereocenters. The van der Waals surface area contributed by atoms with Crippen LogP contribution in [0.25, 0.3) is 21.8 Å². The second-order valence-corrected chi connectivity index (χ2v) is 7.39. The van der Waals surface area contributed by atoms with Gasteiger partial charge in [0.25, 0.3) is 11.1 Å². The fourth-order valence-electron chi connectivity index (χ4n) is 3.46. The Bertz CT molecular complexity index is 1420. The Morgan fingerprint density at radius 2 is 1.53 bits per heavy atom. The lowest BCUT2D eigenvalue weighted by molar-refractivity contribution is 0.149. The predicted molar refractivity (Wildman–Crippen MR) is 110 cm³/mol. The third-order valence-corrected chi connectivity index (χ3v) is 5.07. The van der Waals surface area contributed by atoms with Gasteiger partial charge in [-0.05, 0) is 36.4 Å². The van der Waals surface area contributed by atoms with Crippen LogP contribution in [-0.4, -0.2) is 68.2 Å². The zero-order valence-corrected chi connectivity index (χ0v) is 17.1. The van der Waals surface area contributed by atoms with Crippen molar-refractivity contribution in [3.05, 3.63) is 39.2 Å². The third-order valence-electron chi connectivity index (χ3n) is 5.07.